The molecule has 1 saturated carbocycles. The van der Waals surface area contributed by atoms with Crippen LogP contribution >= 0.6 is 10.2 Å². The molecule has 2 heterocycles. The fraction of sp³-hybridized carbons (Fsp3) is 0.444. The van der Waals surface area contributed by atoms with Crippen molar-refractivity contribution in [2.24, 2.45) is 0 Å². The van der Waals surface area contributed by atoms with Crippen molar-refractivity contribution in [2.75, 3.05) is 18.6 Å². The molecule has 1 saturated heterocycles. The Balaban J connectivity index is 1.86. The minimum Gasteiger partial charge on any atom is -0.379 e. The zero-order valence-electron chi connectivity index (χ0n) is 23.1. The number of benzene rings is 1. The number of ether oxygens (including phenoxy) is 1. The summed E-state index contributed by atoms with van der Waals surface area (Å²) >= 11 is 0. The van der Waals surface area contributed by atoms with Crippen molar-refractivity contribution in [1.29, 1.82) is 5.26 Å². The second-order valence-electron chi connectivity index (χ2n) is 10.6. The third-order valence-electron chi connectivity index (χ3n) is 7.62. The fourth-order valence-electron chi connectivity index (χ4n) is 5.31. The summed E-state index contributed by atoms with van der Waals surface area (Å²) in [5.74, 6) is -4.90. The van der Waals surface area contributed by atoms with E-state index in [4.69, 9.17) is 11.3 Å². The molecule has 17 heteroatoms. The Labute approximate surface area is 248 Å². The number of alkyl halides is 2. The molecule has 1 aliphatic heterocycles. The van der Waals surface area contributed by atoms with Crippen LogP contribution in [0.25, 0.3) is 4.85 Å². The van der Waals surface area contributed by atoms with Gasteiger partial charge in [-0.1, -0.05) is 19.4 Å². The molecule has 2 fully saturated rings. The molecule has 9 nitrogen and oxygen atoms in total. The van der Waals surface area contributed by atoms with Gasteiger partial charge in [0.05, 0.1) is 19.2 Å². The van der Waals surface area contributed by atoms with Gasteiger partial charge >= 0.3 is 10.2 Å². The number of nitrogens with zero attached hydrogens (tertiary/aromatic N) is 5. The molecule has 1 N–H and O–H groups in total. The van der Waals surface area contributed by atoms with Crippen LogP contribution in [-0.4, -0.2) is 59.5 Å². The van der Waals surface area contributed by atoms with Gasteiger partial charge in [0.1, 0.15) is 17.0 Å². The number of nitriles is 1. The second kappa shape index (κ2) is 11.1. The van der Waals surface area contributed by atoms with Crippen LogP contribution in [0.5, 0.6) is 0 Å². The maximum absolute atomic E-state index is 14.2. The highest BCUT2D eigenvalue weighted by molar-refractivity contribution is 8.45. The highest BCUT2D eigenvalue weighted by Crippen LogP contribution is 3.02. The first kappa shape index (κ1) is 32.8. The average molecular weight is 649 g/mol. The first-order chi connectivity index (χ1) is 20.4. The Morgan fingerprint density at radius 1 is 1.18 bits per heavy atom. The van der Waals surface area contributed by atoms with Crippen LogP contribution < -0.4 is 10.2 Å². The first-order valence-electron chi connectivity index (χ1n) is 13.2. The number of methoxy groups -OCH3 is 1. The summed E-state index contributed by atoms with van der Waals surface area (Å²) in [4.78, 5) is 35.0. The monoisotopic (exact) mass is 648 g/mol. The van der Waals surface area contributed by atoms with Gasteiger partial charge in [-0.15, -0.1) is 0 Å². The van der Waals surface area contributed by atoms with E-state index in [9.17, 15) is 43.1 Å². The molecular weight excluding hydrogens is 621 g/mol. The van der Waals surface area contributed by atoms with Crippen molar-refractivity contribution in [3.8, 4) is 6.19 Å². The Morgan fingerprint density at radius 2 is 1.82 bits per heavy atom. The Kier molecular flexibility index (Phi) is 8.29. The van der Waals surface area contributed by atoms with Crippen molar-refractivity contribution in [2.45, 2.75) is 67.2 Å². The zero-order chi connectivity index (χ0) is 32.6. The predicted molar refractivity (Wildman–Crippen MR) is 145 cm³/mol. The number of hydrogen-bond acceptors (Lipinski definition) is 6. The van der Waals surface area contributed by atoms with Gasteiger partial charge in [0, 0.05) is 56.1 Å². The van der Waals surface area contributed by atoms with Gasteiger partial charge < -0.3 is 10.1 Å². The van der Waals surface area contributed by atoms with E-state index in [2.05, 4.69) is 15.1 Å². The molecule has 44 heavy (non-hydrogen) atoms. The van der Waals surface area contributed by atoms with E-state index in [-0.39, 0.29) is 49.2 Å². The Hall–Kier alpha value is -4.09. The normalized spacial score (nSPS) is 22.5. The smallest absolute Gasteiger partial charge is 0.310 e. The maximum Gasteiger partial charge on any atom is 0.310 e. The van der Waals surface area contributed by atoms with Crippen LogP contribution in [0.1, 0.15) is 43.7 Å². The van der Waals surface area contributed by atoms with Gasteiger partial charge in [-0.25, -0.2) is 13.6 Å². The standard InChI is InChI=1S/C27H27F7N6O3S/c1-36-22-9-12-37-14-21(22)24(25(41)38-17-7-10-27(28,29)11-8-17)40(26(42)23-13-19(43-2)15-39(23)16-35)18-3-5-20(6-4-18)44(30,31,32,33)34/h3-6,9,12,14,17,19,23-24H,7-8,10-11,13,15H2,2H3,(H,38,41). The number of anilines is 1. The van der Waals surface area contributed by atoms with Crippen molar-refractivity contribution in [3.63, 3.8) is 0 Å². The van der Waals surface area contributed by atoms with Crippen molar-refractivity contribution >= 4 is 33.4 Å². The molecule has 0 spiro atoms. The number of likely N-dealkylation sites (tertiary alicyclic amines) is 1. The zero-order valence-corrected chi connectivity index (χ0v) is 23.9. The molecule has 2 aliphatic rings. The van der Waals surface area contributed by atoms with Crippen molar-refractivity contribution in [1.82, 2.24) is 15.2 Å². The minimum atomic E-state index is -10.1. The van der Waals surface area contributed by atoms with Crippen molar-refractivity contribution < 1.29 is 42.5 Å². The van der Waals surface area contributed by atoms with E-state index in [1.54, 1.807) is 0 Å². The lowest BCUT2D eigenvalue weighted by Gasteiger charge is -2.41. The predicted octanol–water partition coefficient (Wildman–Crippen LogP) is 6.63. The van der Waals surface area contributed by atoms with Crippen molar-refractivity contribution in [3.05, 3.63) is 59.7 Å². The minimum absolute atomic E-state index is 0.0340. The number of carbonyl (C=O) groups is 2. The Morgan fingerprint density at radius 3 is 2.36 bits per heavy atom. The summed E-state index contributed by atoms with van der Waals surface area (Å²) in [6.45, 7) is 7.56. The molecule has 0 bridgehead atoms. The highest BCUT2D eigenvalue weighted by Gasteiger charge is 2.65. The largest absolute Gasteiger partial charge is 0.379 e. The topological polar surface area (TPSA) is 103 Å². The number of pyridine rings is 1. The van der Waals surface area contributed by atoms with Crippen LogP contribution in [0.15, 0.2) is 47.6 Å². The van der Waals surface area contributed by atoms with E-state index < -0.39 is 75.6 Å². The SMILES string of the molecule is [C-]#[N+]c1ccncc1C(C(=O)NC1CCC(F)(F)CC1)N(C(=O)C1CC(OC)CN1C#N)c1ccc(S(F)(F)(F)(F)F)cc1. The van der Waals surface area contributed by atoms with Gasteiger partial charge in [0.2, 0.25) is 11.8 Å². The molecule has 4 rings (SSSR count). The number of carbonyl (C=O) groups excluding carboxylic acids is 2. The number of halogens is 7. The van der Waals surface area contributed by atoms with E-state index in [0.717, 1.165) is 16.0 Å². The summed E-state index contributed by atoms with van der Waals surface area (Å²) in [6.07, 6.45) is 2.16. The van der Waals surface area contributed by atoms with E-state index in [1.807, 2.05) is 6.19 Å². The molecule has 1 aromatic carbocycles. The molecule has 3 unspecified atom stereocenters. The number of amides is 2. The third-order valence-corrected chi connectivity index (χ3v) is 8.78. The molecular formula is C27H27F7N6O3S. The molecule has 238 valence electrons. The molecule has 1 aliphatic carbocycles. The Bertz CT molecular complexity index is 1500. The number of aromatic nitrogens is 1. The molecule has 1 aromatic heterocycles. The maximum atomic E-state index is 14.2. The van der Waals surface area contributed by atoms with Gasteiger partial charge in [-0.05, 0) is 43.2 Å². The molecule has 3 atom stereocenters. The van der Waals surface area contributed by atoms with Crippen LogP contribution in [0.3, 0.4) is 0 Å². The summed E-state index contributed by atoms with van der Waals surface area (Å²) < 4.78 is 101. The number of rotatable bonds is 8. The molecule has 0 radical (unpaired) electrons. The second-order valence-corrected chi connectivity index (χ2v) is 13.0. The lowest BCUT2D eigenvalue weighted by molar-refractivity contribution is -0.129. The first-order valence-corrected chi connectivity index (χ1v) is 15.2. The number of nitrogens with one attached hydrogen (secondary N) is 1. The van der Waals surface area contributed by atoms with Crippen LogP contribution in [0, 0.1) is 18.0 Å². The third kappa shape index (κ3) is 7.16. The van der Waals surface area contributed by atoms with E-state index >= 15 is 0 Å². The van der Waals surface area contributed by atoms with Gasteiger partial charge in [-0.2, -0.15) is 5.26 Å². The number of hydrogen-bond donors (Lipinski definition) is 1. The van der Waals surface area contributed by atoms with Crippen LogP contribution in [-0.2, 0) is 14.3 Å². The van der Waals surface area contributed by atoms with E-state index in [0.29, 0.717) is 12.1 Å². The summed E-state index contributed by atoms with van der Waals surface area (Å²) in [5, 5.41) is 12.3. The lowest BCUT2D eigenvalue weighted by atomic mass is 9.91. The summed E-state index contributed by atoms with van der Waals surface area (Å²) in [6, 6.07) is -1.36. The summed E-state index contributed by atoms with van der Waals surface area (Å²) in [5.41, 5.74) is -0.777. The molecule has 2 amide bonds. The van der Waals surface area contributed by atoms with Crippen LogP contribution in [0.2, 0.25) is 0 Å². The van der Waals surface area contributed by atoms with Gasteiger partial charge in [0.15, 0.2) is 11.9 Å². The van der Waals surface area contributed by atoms with Crippen LogP contribution in [0.4, 0.5) is 39.6 Å². The lowest BCUT2D eigenvalue weighted by Crippen LogP contribution is -2.52. The van der Waals surface area contributed by atoms with Gasteiger partial charge in [-0.3, -0.25) is 24.4 Å². The van der Waals surface area contributed by atoms with Gasteiger partial charge in [0.25, 0.3) is 5.91 Å². The summed E-state index contributed by atoms with van der Waals surface area (Å²) in [7, 11) is -8.79. The fourth-order valence-corrected chi connectivity index (χ4v) is 5.97. The molecule has 2 aromatic rings. The quantitative estimate of drug-likeness (QED) is 0.196. The average Bonchev–Trinajstić information content (AvgIpc) is 3.39. The highest BCUT2D eigenvalue weighted by atomic mass is 32.5. The van der Waals surface area contributed by atoms with E-state index in [1.165, 1.54) is 19.4 Å².